The van der Waals surface area contributed by atoms with Crippen LogP contribution in [0.4, 0.5) is 11.4 Å². The van der Waals surface area contributed by atoms with Gasteiger partial charge in [-0.15, -0.1) is 0 Å². The molecule has 0 atom stereocenters. The van der Waals surface area contributed by atoms with E-state index in [0.29, 0.717) is 35.9 Å². The fraction of sp³-hybridized carbons (Fsp3) is 0.171. The number of para-hydroxylation sites is 2. The van der Waals surface area contributed by atoms with E-state index in [9.17, 15) is 9.59 Å². The zero-order chi connectivity index (χ0) is 29.7. The van der Waals surface area contributed by atoms with E-state index in [1.54, 1.807) is 42.5 Å². The number of benzene rings is 4. The molecule has 0 N–H and O–H groups in total. The molecule has 0 saturated carbocycles. The van der Waals surface area contributed by atoms with E-state index < -0.39 is 11.8 Å². The average molecular weight is 577 g/mol. The van der Waals surface area contributed by atoms with Gasteiger partial charge in [-0.25, -0.2) is 0 Å². The standard InChI is InChI=1S/C35H32N2O4S/c1-35(2,3)26-16-20-30(21-17-26)41-23-22-40-29-18-14-25(15-19-29)24-31-32(38)36(27-10-6-4-7-11-27)34(42)37(33(31)39)28-12-8-5-9-13-28/h4-21,24H,22-23H2,1-3H3. The minimum atomic E-state index is -0.476. The number of hydrogen-bond acceptors (Lipinski definition) is 5. The predicted molar refractivity (Wildman–Crippen MR) is 171 cm³/mol. The highest BCUT2D eigenvalue weighted by molar-refractivity contribution is 7.81. The molecule has 212 valence electrons. The second-order valence-corrected chi connectivity index (χ2v) is 11.2. The van der Waals surface area contributed by atoms with Gasteiger partial charge in [-0.05, 0) is 83.4 Å². The molecule has 0 aliphatic carbocycles. The van der Waals surface area contributed by atoms with Crippen LogP contribution < -0.4 is 19.3 Å². The van der Waals surface area contributed by atoms with Crippen LogP contribution in [0.3, 0.4) is 0 Å². The Morgan fingerprint density at radius 2 is 1.07 bits per heavy atom. The topological polar surface area (TPSA) is 59.1 Å². The summed E-state index contributed by atoms with van der Waals surface area (Å²) in [6, 6.07) is 33.5. The molecule has 7 heteroatoms. The lowest BCUT2D eigenvalue weighted by Gasteiger charge is -2.36. The van der Waals surface area contributed by atoms with Crippen molar-refractivity contribution >= 4 is 46.6 Å². The van der Waals surface area contributed by atoms with Gasteiger partial charge in [0.05, 0.1) is 11.4 Å². The van der Waals surface area contributed by atoms with Crippen LogP contribution in [-0.2, 0) is 15.0 Å². The first-order valence-corrected chi connectivity index (χ1v) is 14.1. The van der Waals surface area contributed by atoms with Gasteiger partial charge in [0.2, 0.25) is 0 Å². The minimum absolute atomic E-state index is 0.0100. The summed E-state index contributed by atoms with van der Waals surface area (Å²) in [5.41, 5.74) is 3.21. The lowest BCUT2D eigenvalue weighted by molar-refractivity contribution is -0.120. The molecule has 0 unspecified atom stereocenters. The Labute approximate surface area is 251 Å². The molecule has 2 amide bonds. The van der Waals surface area contributed by atoms with Crippen LogP contribution in [0.2, 0.25) is 0 Å². The zero-order valence-corrected chi connectivity index (χ0v) is 24.6. The maximum absolute atomic E-state index is 13.6. The van der Waals surface area contributed by atoms with Crippen LogP contribution in [0.5, 0.6) is 11.5 Å². The third-order valence-corrected chi connectivity index (χ3v) is 7.18. The highest BCUT2D eigenvalue weighted by atomic mass is 32.1. The normalized spacial score (nSPS) is 13.8. The van der Waals surface area contributed by atoms with Gasteiger partial charge in [0.25, 0.3) is 11.8 Å². The number of rotatable bonds is 8. The third kappa shape index (κ3) is 6.42. The predicted octanol–water partition coefficient (Wildman–Crippen LogP) is 7.19. The number of carbonyl (C=O) groups excluding carboxylic acids is 2. The molecule has 0 radical (unpaired) electrons. The summed E-state index contributed by atoms with van der Waals surface area (Å²) in [5.74, 6) is 0.500. The molecule has 1 fully saturated rings. The van der Waals surface area contributed by atoms with E-state index in [4.69, 9.17) is 21.7 Å². The Kier molecular flexibility index (Phi) is 8.50. The van der Waals surface area contributed by atoms with Crippen molar-refractivity contribution in [2.45, 2.75) is 26.2 Å². The molecule has 0 aromatic heterocycles. The average Bonchev–Trinajstić information content (AvgIpc) is 2.99. The number of nitrogens with zero attached hydrogens (tertiary/aromatic N) is 2. The van der Waals surface area contributed by atoms with Gasteiger partial charge < -0.3 is 9.47 Å². The highest BCUT2D eigenvalue weighted by Crippen LogP contribution is 2.30. The Balaban J connectivity index is 1.29. The Bertz CT molecular complexity index is 1530. The second kappa shape index (κ2) is 12.4. The smallest absolute Gasteiger partial charge is 0.270 e. The lowest BCUT2D eigenvalue weighted by Crippen LogP contribution is -2.56. The lowest BCUT2D eigenvalue weighted by atomic mass is 9.87. The van der Waals surface area contributed by atoms with E-state index in [1.165, 1.54) is 15.4 Å². The third-order valence-electron chi connectivity index (χ3n) is 6.81. The molecular weight excluding hydrogens is 544 g/mol. The zero-order valence-electron chi connectivity index (χ0n) is 23.8. The van der Waals surface area contributed by atoms with Crippen LogP contribution in [0.25, 0.3) is 6.08 Å². The maximum atomic E-state index is 13.6. The summed E-state index contributed by atoms with van der Waals surface area (Å²) in [7, 11) is 0. The fourth-order valence-electron chi connectivity index (χ4n) is 4.54. The van der Waals surface area contributed by atoms with E-state index in [0.717, 1.165) is 5.75 Å². The van der Waals surface area contributed by atoms with Crippen molar-refractivity contribution in [3.63, 3.8) is 0 Å². The van der Waals surface area contributed by atoms with Gasteiger partial charge in [0.1, 0.15) is 30.3 Å². The van der Waals surface area contributed by atoms with E-state index in [1.807, 2.05) is 60.7 Å². The summed E-state index contributed by atoms with van der Waals surface area (Å²) < 4.78 is 11.7. The monoisotopic (exact) mass is 576 g/mol. The molecule has 4 aromatic carbocycles. The summed E-state index contributed by atoms with van der Waals surface area (Å²) in [4.78, 5) is 30.1. The van der Waals surface area contributed by atoms with Crippen LogP contribution in [0.15, 0.2) is 115 Å². The van der Waals surface area contributed by atoms with Crippen molar-refractivity contribution in [2.75, 3.05) is 23.0 Å². The molecule has 42 heavy (non-hydrogen) atoms. The first kappa shape index (κ1) is 28.8. The number of ether oxygens (including phenoxy) is 2. The Morgan fingerprint density at radius 3 is 1.50 bits per heavy atom. The minimum Gasteiger partial charge on any atom is -0.490 e. The summed E-state index contributed by atoms with van der Waals surface area (Å²) in [6.07, 6.45) is 1.59. The molecule has 0 spiro atoms. The molecule has 1 aliphatic rings. The van der Waals surface area contributed by atoms with Crippen molar-refractivity contribution in [3.8, 4) is 11.5 Å². The Hall–Kier alpha value is -4.75. The van der Waals surface area contributed by atoms with Gasteiger partial charge >= 0.3 is 0 Å². The number of carbonyl (C=O) groups is 2. The fourth-order valence-corrected chi connectivity index (χ4v) is 4.91. The molecule has 4 aromatic rings. The van der Waals surface area contributed by atoms with Gasteiger partial charge in [-0.3, -0.25) is 19.4 Å². The van der Waals surface area contributed by atoms with Crippen molar-refractivity contribution in [1.29, 1.82) is 0 Å². The first-order chi connectivity index (χ1) is 20.2. The van der Waals surface area contributed by atoms with Gasteiger partial charge in [-0.1, -0.05) is 81.4 Å². The number of hydrogen-bond donors (Lipinski definition) is 0. The van der Waals surface area contributed by atoms with Crippen LogP contribution in [-0.4, -0.2) is 30.1 Å². The van der Waals surface area contributed by atoms with Crippen molar-refractivity contribution in [3.05, 3.63) is 126 Å². The second-order valence-electron chi connectivity index (χ2n) is 10.8. The van der Waals surface area contributed by atoms with Gasteiger partial charge in [0.15, 0.2) is 5.11 Å². The number of anilines is 2. The molecular formula is C35H32N2O4S. The first-order valence-electron chi connectivity index (χ1n) is 13.7. The molecule has 5 rings (SSSR count). The van der Waals surface area contributed by atoms with E-state index in [2.05, 4.69) is 32.9 Å². The highest BCUT2D eigenvalue weighted by Gasteiger charge is 2.41. The SMILES string of the molecule is CC(C)(C)c1ccc(OCCOc2ccc(C=C3C(=O)N(c4ccccc4)C(=S)N(c4ccccc4)C3=O)cc2)cc1. The Morgan fingerprint density at radius 1 is 0.643 bits per heavy atom. The number of amides is 2. The maximum Gasteiger partial charge on any atom is 0.270 e. The summed E-state index contributed by atoms with van der Waals surface area (Å²) >= 11 is 5.66. The molecule has 0 bridgehead atoms. The summed E-state index contributed by atoms with van der Waals surface area (Å²) in [6.45, 7) is 7.30. The van der Waals surface area contributed by atoms with Gasteiger partial charge in [-0.2, -0.15) is 0 Å². The van der Waals surface area contributed by atoms with Crippen molar-refractivity contribution in [1.82, 2.24) is 0 Å². The molecule has 6 nitrogen and oxygen atoms in total. The molecule has 1 saturated heterocycles. The quantitative estimate of drug-likeness (QED) is 0.0962. The summed E-state index contributed by atoms with van der Waals surface area (Å²) in [5, 5.41) is 0.107. The van der Waals surface area contributed by atoms with Crippen LogP contribution >= 0.6 is 12.2 Å². The van der Waals surface area contributed by atoms with Crippen LogP contribution in [0.1, 0.15) is 31.9 Å². The van der Waals surface area contributed by atoms with Crippen molar-refractivity contribution in [2.24, 2.45) is 0 Å². The van der Waals surface area contributed by atoms with Crippen molar-refractivity contribution < 1.29 is 19.1 Å². The van der Waals surface area contributed by atoms with E-state index >= 15 is 0 Å². The van der Waals surface area contributed by atoms with Gasteiger partial charge in [0, 0.05) is 0 Å². The number of thiocarbonyl (C=S) groups is 1. The van der Waals surface area contributed by atoms with Crippen LogP contribution in [0, 0.1) is 0 Å². The molecule has 1 heterocycles. The van der Waals surface area contributed by atoms with E-state index in [-0.39, 0.29) is 16.1 Å². The largest absolute Gasteiger partial charge is 0.490 e. The molecule has 1 aliphatic heterocycles.